The molecule has 0 aromatic heterocycles. The van der Waals surface area contributed by atoms with Crippen molar-refractivity contribution >= 4 is 11.8 Å². The van der Waals surface area contributed by atoms with Gasteiger partial charge in [0, 0.05) is 10.7 Å². The monoisotopic (exact) mass is 400 g/mol. The minimum Gasteiger partial charge on any atom is -0.361 e. The largest absolute Gasteiger partial charge is 0.361 e. The van der Waals surface area contributed by atoms with Crippen LogP contribution < -0.4 is 0 Å². The number of hydrogen-bond donors (Lipinski definition) is 0. The molecule has 2 saturated heterocycles. The van der Waals surface area contributed by atoms with E-state index in [1.54, 1.807) is 0 Å². The Morgan fingerprint density at radius 3 is 1.85 bits per heavy atom. The normalized spacial score (nSPS) is 46.4. The lowest BCUT2D eigenvalue weighted by molar-refractivity contribution is -0.295. The zero-order valence-corrected chi connectivity index (χ0v) is 20.1. The van der Waals surface area contributed by atoms with Crippen LogP contribution in [-0.4, -0.2) is 34.8 Å². The molecule has 2 aliphatic heterocycles. The third-order valence-corrected chi connectivity index (χ3v) is 8.48. The third-order valence-electron chi connectivity index (χ3n) is 7.00. The van der Waals surface area contributed by atoms with E-state index in [0.29, 0.717) is 35.7 Å². The Hall–Kier alpha value is 0.230. The Labute approximate surface area is 172 Å². The predicted molar refractivity (Wildman–Crippen MR) is 116 cm³/mol. The molecule has 0 amide bonds. The van der Waals surface area contributed by atoms with Gasteiger partial charge in [0.15, 0.2) is 6.29 Å². The first-order valence-electron chi connectivity index (χ1n) is 11.1. The second-order valence-electron chi connectivity index (χ2n) is 10.0. The Morgan fingerprint density at radius 2 is 1.33 bits per heavy atom. The Bertz CT molecular complexity index is 459. The first kappa shape index (κ1) is 23.5. The summed E-state index contributed by atoms with van der Waals surface area (Å²) in [6.07, 6.45) is 2.45. The SMILES string of the molecule is CC[C@H]1O[C@@H](O[C@H]2[C@H](C)[C@@H](C)[C@H](SC(C)(C)C)O[C@@H]2CC)[C@H](C)[C@@H](C)[C@H]1C. The van der Waals surface area contributed by atoms with Crippen LogP contribution in [0.5, 0.6) is 0 Å². The Morgan fingerprint density at radius 1 is 0.741 bits per heavy atom. The van der Waals surface area contributed by atoms with Crippen molar-refractivity contribution in [1.29, 1.82) is 0 Å². The van der Waals surface area contributed by atoms with Crippen LogP contribution in [0.1, 0.15) is 82.1 Å². The van der Waals surface area contributed by atoms with Crippen LogP contribution in [0.25, 0.3) is 0 Å². The van der Waals surface area contributed by atoms with Crippen molar-refractivity contribution in [1.82, 2.24) is 0 Å². The molecule has 0 bridgehead atoms. The van der Waals surface area contributed by atoms with Crippen LogP contribution in [0.15, 0.2) is 0 Å². The van der Waals surface area contributed by atoms with Gasteiger partial charge in [-0.15, -0.1) is 11.8 Å². The maximum atomic E-state index is 6.70. The summed E-state index contributed by atoms with van der Waals surface area (Å²) in [6.45, 7) is 22.9. The molecular formula is C23H44O3S. The lowest BCUT2D eigenvalue weighted by Gasteiger charge is -2.49. The molecule has 0 unspecified atom stereocenters. The van der Waals surface area contributed by atoms with E-state index in [9.17, 15) is 0 Å². The maximum Gasteiger partial charge on any atom is 0.161 e. The fourth-order valence-corrected chi connectivity index (χ4v) is 5.90. The minimum absolute atomic E-state index is 0.104. The molecule has 0 N–H and O–H groups in total. The van der Waals surface area contributed by atoms with Crippen LogP contribution in [-0.2, 0) is 14.2 Å². The van der Waals surface area contributed by atoms with Crippen LogP contribution >= 0.6 is 11.8 Å². The predicted octanol–water partition coefficient (Wildman–Crippen LogP) is 6.35. The molecule has 2 rings (SSSR count). The fourth-order valence-electron chi connectivity index (χ4n) is 4.55. The molecule has 2 aliphatic rings. The van der Waals surface area contributed by atoms with Crippen LogP contribution in [0.4, 0.5) is 0 Å². The molecule has 4 heteroatoms. The molecule has 0 aromatic carbocycles. The van der Waals surface area contributed by atoms with E-state index >= 15 is 0 Å². The lowest BCUT2D eigenvalue weighted by atomic mass is 9.78. The summed E-state index contributed by atoms with van der Waals surface area (Å²) >= 11 is 1.95. The molecule has 2 heterocycles. The van der Waals surface area contributed by atoms with Crippen molar-refractivity contribution in [3.8, 4) is 0 Å². The second kappa shape index (κ2) is 9.36. The van der Waals surface area contributed by atoms with Crippen molar-refractivity contribution in [2.75, 3.05) is 0 Å². The first-order chi connectivity index (χ1) is 12.5. The van der Waals surface area contributed by atoms with Crippen molar-refractivity contribution in [3.05, 3.63) is 0 Å². The Kier molecular flexibility index (Phi) is 8.15. The summed E-state index contributed by atoms with van der Waals surface area (Å²) in [5.41, 5.74) is 0.233. The molecular weight excluding hydrogens is 356 g/mol. The highest BCUT2D eigenvalue weighted by molar-refractivity contribution is 8.01. The summed E-state index contributed by atoms with van der Waals surface area (Å²) in [5.74, 6) is 2.51. The van der Waals surface area contributed by atoms with Crippen LogP contribution in [0, 0.1) is 29.6 Å². The molecule has 0 radical (unpaired) electrons. The van der Waals surface area contributed by atoms with Gasteiger partial charge >= 0.3 is 0 Å². The van der Waals surface area contributed by atoms with E-state index in [0.717, 1.165) is 12.8 Å². The molecule has 2 fully saturated rings. The Balaban J connectivity index is 2.12. The van der Waals surface area contributed by atoms with Crippen molar-refractivity contribution in [2.24, 2.45) is 29.6 Å². The van der Waals surface area contributed by atoms with E-state index in [2.05, 4.69) is 69.2 Å². The van der Waals surface area contributed by atoms with Crippen molar-refractivity contribution < 1.29 is 14.2 Å². The molecule has 0 aromatic rings. The summed E-state index contributed by atoms with van der Waals surface area (Å²) in [6, 6.07) is 0. The molecule has 0 saturated carbocycles. The van der Waals surface area contributed by atoms with Gasteiger partial charge in [0.1, 0.15) is 5.44 Å². The highest BCUT2D eigenvalue weighted by Gasteiger charge is 2.46. The smallest absolute Gasteiger partial charge is 0.161 e. The maximum absolute atomic E-state index is 6.70. The average molecular weight is 401 g/mol. The van der Waals surface area contributed by atoms with Gasteiger partial charge in [0.25, 0.3) is 0 Å². The van der Waals surface area contributed by atoms with Gasteiger partial charge < -0.3 is 14.2 Å². The summed E-state index contributed by atoms with van der Waals surface area (Å²) in [5, 5.41) is 0. The highest BCUT2D eigenvalue weighted by atomic mass is 32.2. The van der Waals surface area contributed by atoms with Gasteiger partial charge in [-0.2, -0.15) is 0 Å². The first-order valence-corrected chi connectivity index (χ1v) is 12.0. The van der Waals surface area contributed by atoms with Gasteiger partial charge in [-0.25, -0.2) is 0 Å². The highest BCUT2D eigenvalue weighted by Crippen LogP contribution is 2.44. The third kappa shape index (κ3) is 5.43. The molecule has 0 aliphatic carbocycles. The van der Waals surface area contributed by atoms with E-state index in [-0.39, 0.29) is 28.7 Å². The standard InChI is InChI=1S/C23H44O3S/c1-11-18-14(4)13(3)16(6)21(24-18)26-20-15(5)17(7)22(25-19(20)12-2)27-23(8,9)10/h13-22H,11-12H2,1-10H3/t13-,14+,15+,16+,17+,18+,19+,20-,21-,22-/m0/s1. The fraction of sp³-hybridized carbons (Fsp3) is 1.00. The average Bonchev–Trinajstić information content (AvgIpc) is 2.60. The van der Waals surface area contributed by atoms with E-state index in [4.69, 9.17) is 14.2 Å². The number of ether oxygens (including phenoxy) is 3. The molecule has 160 valence electrons. The van der Waals surface area contributed by atoms with Crippen LogP contribution in [0.3, 0.4) is 0 Å². The van der Waals surface area contributed by atoms with Gasteiger partial charge in [-0.3, -0.25) is 0 Å². The lowest BCUT2D eigenvalue weighted by Crippen LogP contribution is -2.54. The zero-order chi connectivity index (χ0) is 20.5. The topological polar surface area (TPSA) is 27.7 Å². The van der Waals surface area contributed by atoms with Gasteiger partial charge in [0.2, 0.25) is 0 Å². The quantitative estimate of drug-likeness (QED) is 0.537. The van der Waals surface area contributed by atoms with E-state index < -0.39 is 0 Å². The number of thioether (sulfide) groups is 1. The van der Waals surface area contributed by atoms with E-state index in [1.807, 2.05) is 11.8 Å². The van der Waals surface area contributed by atoms with E-state index in [1.165, 1.54) is 0 Å². The minimum atomic E-state index is -0.120. The summed E-state index contributed by atoms with van der Waals surface area (Å²) in [7, 11) is 0. The molecule has 27 heavy (non-hydrogen) atoms. The van der Waals surface area contributed by atoms with Gasteiger partial charge in [0.05, 0.1) is 18.3 Å². The molecule has 0 spiro atoms. The summed E-state index contributed by atoms with van der Waals surface area (Å²) < 4.78 is 19.9. The zero-order valence-electron chi connectivity index (χ0n) is 19.3. The van der Waals surface area contributed by atoms with Crippen molar-refractivity contribution in [2.45, 2.75) is 117 Å². The van der Waals surface area contributed by atoms with Crippen molar-refractivity contribution in [3.63, 3.8) is 0 Å². The number of rotatable bonds is 5. The second-order valence-corrected chi connectivity index (χ2v) is 12.0. The number of hydrogen-bond acceptors (Lipinski definition) is 4. The van der Waals surface area contributed by atoms with Gasteiger partial charge in [-0.05, 0) is 36.5 Å². The molecule has 10 atom stereocenters. The summed E-state index contributed by atoms with van der Waals surface area (Å²) in [4.78, 5) is 0. The molecule has 3 nitrogen and oxygen atoms in total. The van der Waals surface area contributed by atoms with Crippen LogP contribution in [0.2, 0.25) is 0 Å². The van der Waals surface area contributed by atoms with Gasteiger partial charge in [-0.1, -0.05) is 69.2 Å².